The molecule has 0 aliphatic heterocycles. The van der Waals surface area contributed by atoms with Crippen LogP contribution in [0.1, 0.15) is 20.8 Å². The molecule has 1 aromatic heterocycles. The number of hydrogen-bond donors (Lipinski definition) is 1. The van der Waals surface area contributed by atoms with Crippen LogP contribution in [0.5, 0.6) is 0 Å². The number of carbonyl (C=O) groups excluding carboxylic acids is 2. The molecule has 0 aromatic carbocycles. The van der Waals surface area contributed by atoms with Crippen molar-refractivity contribution >= 4 is 22.0 Å². The summed E-state index contributed by atoms with van der Waals surface area (Å²) < 4.78 is 32.1. The lowest BCUT2D eigenvalue weighted by atomic mass is 10.2. The molecule has 124 valence electrons. The first-order valence-electron chi connectivity index (χ1n) is 6.39. The predicted octanol–water partition coefficient (Wildman–Crippen LogP) is 0.0919. The van der Waals surface area contributed by atoms with Crippen molar-refractivity contribution in [3.8, 4) is 0 Å². The van der Waals surface area contributed by atoms with E-state index in [2.05, 4.69) is 5.10 Å². The second-order valence-corrected chi connectivity index (χ2v) is 7.40. The molecule has 0 saturated heterocycles. The van der Waals surface area contributed by atoms with Gasteiger partial charge in [0, 0.05) is 20.3 Å². The normalized spacial score (nSPS) is 11.9. The van der Waals surface area contributed by atoms with Gasteiger partial charge >= 0.3 is 6.09 Å². The average Bonchev–Trinajstić information content (AvgIpc) is 2.73. The Labute approximate surface area is 129 Å². The van der Waals surface area contributed by atoms with E-state index in [-0.39, 0.29) is 4.90 Å². The molecule has 0 aliphatic carbocycles. The molecule has 1 heterocycles. The molecule has 0 radical (unpaired) electrons. The van der Waals surface area contributed by atoms with E-state index in [9.17, 15) is 18.0 Å². The third-order valence-electron chi connectivity index (χ3n) is 2.33. The summed E-state index contributed by atoms with van der Waals surface area (Å²) in [5.74, 6) is -0.850. The number of nitrogens with zero attached hydrogens (tertiary/aromatic N) is 3. The maximum absolute atomic E-state index is 11.9. The minimum Gasteiger partial charge on any atom is -0.444 e. The summed E-state index contributed by atoms with van der Waals surface area (Å²) in [6.45, 7) is 4.61. The SMILES string of the molecule is CN(CC(=O)NS(=O)(=O)c1cnn(C)c1)C(=O)OC(C)(C)C. The molecule has 22 heavy (non-hydrogen) atoms. The standard InChI is InChI=1S/C12H20N4O5S/c1-12(2,3)21-11(18)15(4)8-10(17)14-22(19,20)9-6-13-16(5)7-9/h6-7H,8H2,1-5H3,(H,14,17). The zero-order chi connectivity index (χ0) is 17.1. The van der Waals surface area contributed by atoms with Gasteiger partial charge in [-0.15, -0.1) is 0 Å². The predicted molar refractivity (Wildman–Crippen MR) is 77.4 cm³/mol. The summed E-state index contributed by atoms with van der Waals surface area (Å²) in [6.07, 6.45) is 1.65. The van der Waals surface area contributed by atoms with Crippen molar-refractivity contribution in [1.82, 2.24) is 19.4 Å². The van der Waals surface area contributed by atoms with Crippen LogP contribution in [0.2, 0.25) is 0 Å². The van der Waals surface area contributed by atoms with Gasteiger partial charge in [0.1, 0.15) is 17.0 Å². The Kier molecular flexibility index (Phi) is 5.17. The van der Waals surface area contributed by atoms with Gasteiger partial charge in [0.15, 0.2) is 0 Å². The summed E-state index contributed by atoms with van der Waals surface area (Å²) in [7, 11) is -1.12. The Balaban J connectivity index is 2.64. The van der Waals surface area contributed by atoms with Gasteiger partial charge in [-0.25, -0.2) is 17.9 Å². The number of hydrogen-bond acceptors (Lipinski definition) is 6. The molecule has 0 aliphatic rings. The molecule has 0 unspecified atom stereocenters. The topological polar surface area (TPSA) is 111 Å². The molecule has 1 N–H and O–H groups in total. The quantitative estimate of drug-likeness (QED) is 0.837. The van der Waals surface area contributed by atoms with Gasteiger partial charge in [0.25, 0.3) is 15.9 Å². The molecule has 0 spiro atoms. The number of sulfonamides is 1. The van der Waals surface area contributed by atoms with Crippen LogP contribution in [-0.2, 0) is 26.6 Å². The van der Waals surface area contributed by atoms with Crippen LogP contribution in [0.3, 0.4) is 0 Å². The fraction of sp³-hybridized carbons (Fsp3) is 0.583. The van der Waals surface area contributed by atoms with Gasteiger partial charge in [-0.1, -0.05) is 0 Å². The Morgan fingerprint density at radius 1 is 1.41 bits per heavy atom. The van der Waals surface area contributed by atoms with Gasteiger partial charge in [-0.2, -0.15) is 5.10 Å². The zero-order valence-electron chi connectivity index (χ0n) is 13.2. The van der Waals surface area contributed by atoms with Crippen molar-refractivity contribution in [1.29, 1.82) is 0 Å². The van der Waals surface area contributed by atoms with Gasteiger partial charge in [-0.3, -0.25) is 9.48 Å². The van der Waals surface area contributed by atoms with Crippen molar-refractivity contribution in [3.63, 3.8) is 0 Å². The third kappa shape index (κ3) is 5.35. The van der Waals surface area contributed by atoms with Crippen molar-refractivity contribution in [2.75, 3.05) is 13.6 Å². The number of nitrogens with one attached hydrogen (secondary N) is 1. The smallest absolute Gasteiger partial charge is 0.410 e. The Morgan fingerprint density at radius 2 is 2.00 bits per heavy atom. The average molecular weight is 332 g/mol. The molecule has 1 aromatic rings. The van der Waals surface area contributed by atoms with Crippen LogP contribution in [-0.4, -0.2) is 54.3 Å². The van der Waals surface area contributed by atoms with E-state index in [0.717, 1.165) is 11.1 Å². The van der Waals surface area contributed by atoms with Crippen LogP contribution >= 0.6 is 0 Å². The maximum atomic E-state index is 11.9. The first-order chi connectivity index (χ1) is 9.90. The van der Waals surface area contributed by atoms with E-state index in [1.165, 1.54) is 17.9 Å². The van der Waals surface area contributed by atoms with Gasteiger partial charge in [0.2, 0.25) is 0 Å². The van der Waals surface area contributed by atoms with Gasteiger partial charge < -0.3 is 9.64 Å². The summed E-state index contributed by atoms with van der Waals surface area (Å²) in [6, 6.07) is 0. The van der Waals surface area contributed by atoms with Crippen molar-refractivity contribution in [3.05, 3.63) is 12.4 Å². The number of rotatable bonds is 4. The van der Waals surface area contributed by atoms with Crippen molar-refractivity contribution in [2.24, 2.45) is 7.05 Å². The molecule has 1 rings (SSSR count). The fourth-order valence-corrected chi connectivity index (χ4v) is 2.36. The number of aromatic nitrogens is 2. The van der Waals surface area contributed by atoms with E-state index in [0.29, 0.717) is 0 Å². The highest BCUT2D eigenvalue weighted by Gasteiger charge is 2.24. The lowest BCUT2D eigenvalue weighted by Crippen LogP contribution is -2.42. The second kappa shape index (κ2) is 6.34. The van der Waals surface area contributed by atoms with Gasteiger partial charge in [-0.05, 0) is 20.8 Å². The molecule has 0 bridgehead atoms. The second-order valence-electron chi connectivity index (χ2n) is 5.71. The zero-order valence-corrected chi connectivity index (χ0v) is 14.0. The van der Waals surface area contributed by atoms with Crippen molar-refractivity contribution in [2.45, 2.75) is 31.3 Å². The van der Waals surface area contributed by atoms with E-state index in [4.69, 9.17) is 4.74 Å². The Morgan fingerprint density at radius 3 is 2.45 bits per heavy atom. The van der Waals surface area contributed by atoms with E-state index in [1.807, 2.05) is 4.72 Å². The highest BCUT2D eigenvalue weighted by atomic mass is 32.2. The summed E-state index contributed by atoms with van der Waals surface area (Å²) in [5.41, 5.74) is -0.705. The minimum atomic E-state index is -4.01. The number of amides is 2. The van der Waals surface area contributed by atoms with Crippen LogP contribution in [0.15, 0.2) is 17.3 Å². The van der Waals surface area contributed by atoms with Crippen LogP contribution < -0.4 is 4.72 Å². The third-order valence-corrected chi connectivity index (χ3v) is 3.65. The van der Waals surface area contributed by atoms with Crippen molar-refractivity contribution < 1.29 is 22.7 Å². The van der Waals surface area contributed by atoms with Crippen LogP contribution in [0.25, 0.3) is 0 Å². The molecule has 2 amide bonds. The number of aryl methyl sites for hydroxylation is 1. The molecule has 9 nitrogen and oxygen atoms in total. The molecule has 0 saturated carbocycles. The summed E-state index contributed by atoms with van der Waals surface area (Å²) in [5, 5.41) is 3.72. The molecular formula is C12H20N4O5S. The summed E-state index contributed by atoms with van der Waals surface area (Å²) >= 11 is 0. The number of ether oxygens (including phenoxy) is 1. The van der Waals surface area contributed by atoms with E-state index < -0.39 is 34.2 Å². The lowest BCUT2D eigenvalue weighted by Gasteiger charge is -2.24. The molecule has 10 heteroatoms. The molecular weight excluding hydrogens is 312 g/mol. The Hall–Kier alpha value is -2.10. The lowest BCUT2D eigenvalue weighted by molar-refractivity contribution is -0.120. The largest absolute Gasteiger partial charge is 0.444 e. The van der Waals surface area contributed by atoms with Crippen LogP contribution in [0, 0.1) is 0 Å². The Bertz CT molecular complexity index is 659. The van der Waals surface area contributed by atoms with Gasteiger partial charge in [0.05, 0.1) is 6.20 Å². The van der Waals surface area contributed by atoms with E-state index in [1.54, 1.807) is 27.8 Å². The summed E-state index contributed by atoms with van der Waals surface area (Å²) in [4.78, 5) is 24.3. The first-order valence-corrected chi connectivity index (χ1v) is 7.87. The highest BCUT2D eigenvalue weighted by Crippen LogP contribution is 2.09. The minimum absolute atomic E-state index is 0.136. The number of likely N-dealkylation sites (N-methyl/N-ethyl adjacent to an activating group) is 1. The monoisotopic (exact) mass is 332 g/mol. The molecule has 0 fully saturated rings. The highest BCUT2D eigenvalue weighted by molar-refractivity contribution is 7.90. The number of carbonyl (C=O) groups is 2. The molecule has 0 atom stereocenters. The maximum Gasteiger partial charge on any atom is 0.410 e. The first kappa shape index (κ1) is 18.0. The van der Waals surface area contributed by atoms with E-state index >= 15 is 0 Å². The fourth-order valence-electron chi connectivity index (χ4n) is 1.40. The van der Waals surface area contributed by atoms with Crippen LogP contribution in [0.4, 0.5) is 4.79 Å².